The molecule has 0 saturated carbocycles. The molecule has 2 heteroatoms. The maximum absolute atomic E-state index is 14.1. The topological polar surface area (TPSA) is 20.2 Å². The molecule has 0 saturated heterocycles. The zero-order valence-corrected chi connectivity index (χ0v) is 8.44. The number of phenols is 1. The lowest BCUT2D eigenvalue weighted by molar-refractivity contribution is 0.487. The van der Waals surface area contributed by atoms with Crippen LogP contribution in [0, 0.1) is 5.82 Å². The first-order chi connectivity index (χ1) is 7.79. The Hall–Kier alpha value is -2.09. The highest BCUT2D eigenvalue weighted by atomic mass is 19.1. The first kappa shape index (κ1) is 9.16. The van der Waals surface area contributed by atoms with E-state index in [0.29, 0.717) is 21.5 Å². The van der Waals surface area contributed by atoms with Crippen LogP contribution in [-0.4, -0.2) is 5.11 Å². The van der Waals surface area contributed by atoms with E-state index in [1.807, 2.05) is 0 Å². The quantitative estimate of drug-likeness (QED) is 0.561. The molecule has 0 atom stereocenters. The van der Waals surface area contributed by atoms with Gasteiger partial charge in [-0.1, -0.05) is 48.5 Å². The predicted octanol–water partition coefficient (Wildman–Crippen LogP) is 3.84. The molecular weight excluding hydrogens is 203 g/mol. The Balaban J connectivity index is 2.67. The predicted molar refractivity (Wildman–Crippen MR) is 63.1 cm³/mol. The van der Waals surface area contributed by atoms with Gasteiger partial charge in [-0.05, 0) is 0 Å². The van der Waals surface area contributed by atoms with Crippen LogP contribution < -0.4 is 0 Å². The summed E-state index contributed by atoms with van der Waals surface area (Å²) in [5.41, 5.74) is 0. The van der Waals surface area contributed by atoms with Crippen LogP contribution in [0.4, 0.5) is 4.39 Å². The van der Waals surface area contributed by atoms with Crippen molar-refractivity contribution >= 4 is 21.5 Å². The maximum atomic E-state index is 14.1. The largest absolute Gasteiger partial charge is 0.507 e. The number of phenolic OH excluding ortho intramolecular Hbond substituents is 1. The molecule has 0 bridgehead atoms. The Labute approximate surface area is 91.8 Å². The molecule has 0 aliphatic rings. The molecular formula is C14H9FO. The Morgan fingerprint density at radius 1 is 0.688 bits per heavy atom. The lowest BCUT2D eigenvalue weighted by atomic mass is 10.0. The molecule has 0 spiro atoms. The number of hydrogen-bond donors (Lipinski definition) is 1. The third-order valence-electron chi connectivity index (χ3n) is 2.84. The highest BCUT2D eigenvalue weighted by Gasteiger charge is 2.11. The first-order valence-electron chi connectivity index (χ1n) is 5.07. The summed E-state index contributed by atoms with van der Waals surface area (Å²) in [5, 5.41) is 12.1. The molecule has 3 rings (SSSR count). The van der Waals surface area contributed by atoms with E-state index in [1.165, 1.54) is 0 Å². The van der Waals surface area contributed by atoms with Crippen LogP contribution in [0.1, 0.15) is 0 Å². The zero-order chi connectivity index (χ0) is 11.1. The van der Waals surface area contributed by atoms with E-state index in [-0.39, 0.29) is 11.6 Å². The van der Waals surface area contributed by atoms with Crippen LogP contribution in [0.2, 0.25) is 0 Å². The van der Waals surface area contributed by atoms with E-state index in [4.69, 9.17) is 0 Å². The van der Waals surface area contributed by atoms with Crippen molar-refractivity contribution in [2.75, 3.05) is 0 Å². The lowest BCUT2D eigenvalue weighted by Gasteiger charge is -2.07. The normalized spacial score (nSPS) is 11.1. The van der Waals surface area contributed by atoms with Gasteiger partial charge in [-0.25, -0.2) is 4.39 Å². The van der Waals surface area contributed by atoms with Gasteiger partial charge < -0.3 is 5.11 Å². The van der Waals surface area contributed by atoms with Crippen molar-refractivity contribution in [3.8, 4) is 5.75 Å². The van der Waals surface area contributed by atoms with Crippen molar-refractivity contribution in [1.82, 2.24) is 0 Å². The van der Waals surface area contributed by atoms with Gasteiger partial charge >= 0.3 is 0 Å². The van der Waals surface area contributed by atoms with Gasteiger partial charge in [0.25, 0.3) is 0 Å². The van der Waals surface area contributed by atoms with Gasteiger partial charge in [0.05, 0.1) is 0 Å². The average Bonchev–Trinajstić information content (AvgIpc) is 2.36. The van der Waals surface area contributed by atoms with E-state index >= 15 is 0 Å². The summed E-state index contributed by atoms with van der Waals surface area (Å²) in [6, 6.07) is 13.9. The maximum Gasteiger partial charge on any atom is 0.139 e. The first-order valence-corrected chi connectivity index (χ1v) is 5.07. The fourth-order valence-electron chi connectivity index (χ4n) is 2.05. The van der Waals surface area contributed by atoms with Crippen molar-refractivity contribution < 1.29 is 9.50 Å². The minimum absolute atomic E-state index is 0.146. The number of benzene rings is 3. The molecule has 0 radical (unpaired) electrons. The summed E-state index contributed by atoms with van der Waals surface area (Å²) in [5.74, 6) is -0.128. The molecule has 0 amide bonds. The summed E-state index contributed by atoms with van der Waals surface area (Å²) in [6.07, 6.45) is 0. The Morgan fingerprint density at radius 2 is 1.06 bits per heavy atom. The number of halogens is 1. The van der Waals surface area contributed by atoms with E-state index in [2.05, 4.69) is 0 Å². The minimum atomic E-state index is -0.274. The van der Waals surface area contributed by atoms with Crippen LogP contribution in [0.3, 0.4) is 0 Å². The highest BCUT2D eigenvalue weighted by Crippen LogP contribution is 2.35. The summed E-state index contributed by atoms with van der Waals surface area (Å²) in [6.45, 7) is 0. The molecule has 1 N–H and O–H groups in total. The summed E-state index contributed by atoms with van der Waals surface area (Å²) in [4.78, 5) is 0. The standard InChI is InChI=1S/C14H9FO/c15-13-9-5-1-3-7-11(9)14(16)12-8-4-2-6-10(12)13/h1-8,16H. The minimum Gasteiger partial charge on any atom is -0.507 e. The van der Waals surface area contributed by atoms with Crippen LogP contribution >= 0.6 is 0 Å². The van der Waals surface area contributed by atoms with Crippen LogP contribution in [0.15, 0.2) is 48.5 Å². The summed E-state index contributed by atoms with van der Waals surface area (Å²) in [7, 11) is 0. The molecule has 3 aromatic carbocycles. The molecule has 0 aliphatic heterocycles. The number of hydrogen-bond acceptors (Lipinski definition) is 1. The number of rotatable bonds is 0. The molecule has 0 aromatic heterocycles. The van der Waals surface area contributed by atoms with Crippen molar-refractivity contribution in [3.63, 3.8) is 0 Å². The van der Waals surface area contributed by atoms with Crippen molar-refractivity contribution in [1.29, 1.82) is 0 Å². The van der Waals surface area contributed by atoms with Crippen LogP contribution in [-0.2, 0) is 0 Å². The smallest absolute Gasteiger partial charge is 0.139 e. The second-order valence-corrected chi connectivity index (χ2v) is 3.75. The van der Waals surface area contributed by atoms with E-state index in [1.54, 1.807) is 48.5 Å². The fraction of sp³-hybridized carbons (Fsp3) is 0. The van der Waals surface area contributed by atoms with E-state index in [9.17, 15) is 9.50 Å². The molecule has 78 valence electrons. The van der Waals surface area contributed by atoms with E-state index < -0.39 is 0 Å². The highest BCUT2D eigenvalue weighted by molar-refractivity contribution is 6.05. The molecule has 1 nitrogen and oxygen atoms in total. The van der Waals surface area contributed by atoms with Crippen LogP contribution in [0.5, 0.6) is 5.75 Å². The van der Waals surface area contributed by atoms with Crippen molar-refractivity contribution in [2.45, 2.75) is 0 Å². The molecule has 16 heavy (non-hydrogen) atoms. The Kier molecular flexibility index (Phi) is 1.83. The molecule has 0 heterocycles. The lowest BCUT2D eigenvalue weighted by Crippen LogP contribution is -1.84. The van der Waals surface area contributed by atoms with Gasteiger partial charge in [0.1, 0.15) is 11.6 Å². The summed E-state index contributed by atoms with van der Waals surface area (Å²) >= 11 is 0. The fourth-order valence-corrected chi connectivity index (χ4v) is 2.05. The zero-order valence-electron chi connectivity index (χ0n) is 8.44. The van der Waals surface area contributed by atoms with Gasteiger partial charge in [0.2, 0.25) is 0 Å². The van der Waals surface area contributed by atoms with Gasteiger partial charge in [0, 0.05) is 21.5 Å². The molecule has 3 aromatic rings. The number of fused-ring (bicyclic) bond motifs is 2. The average molecular weight is 212 g/mol. The number of aromatic hydroxyl groups is 1. The van der Waals surface area contributed by atoms with E-state index in [0.717, 1.165) is 0 Å². The van der Waals surface area contributed by atoms with Crippen molar-refractivity contribution in [3.05, 3.63) is 54.3 Å². The SMILES string of the molecule is Oc1c2ccccc2c(F)c2ccccc12. The Bertz CT molecular complexity index is 572. The van der Waals surface area contributed by atoms with Crippen molar-refractivity contribution in [2.24, 2.45) is 0 Å². The van der Waals surface area contributed by atoms with Gasteiger partial charge in [-0.3, -0.25) is 0 Å². The third-order valence-corrected chi connectivity index (χ3v) is 2.84. The van der Waals surface area contributed by atoms with Crippen LogP contribution in [0.25, 0.3) is 21.5 Å². The molecule has 0 fully saturated rings. The monoisotopic (exact) mass is 212 g/mol. The second-order valence-electron chi connectivity index (χ2n) is 3.75. The Morgan fingerprint density at radius 3 is 1.50 bits per heavy atom. The second kappa shape index (κ2) is 3.20. The van der Waals surface area contributed by atoms with Gasteiger partial charge in [-0.2, -0.15) is 0 Å². The summed E-state index contributed by atoms with van der Waals surface area (Å²) < 4.78 is 14.1. The third kappa shape index (κ3) is 1.10. The molecule has 0 unspecified atom stereocenters. The van der Waals surface area contributed by atoms with Gasteiger partial charge in [-0.15, -0.1) is 0 Å². The van der Waals surface area contributed by atoms with Gasteiger partial charge in [0.15, 0.2) is 0 Å². The molecule has 0 aliphatic carbocycles.